The number of nitrogens with one attached hydrogen (secondary N) is 1. The summed E-state index contributed by atoms with van der Waals surface area (Å²) in [6.07, 6.45) is 3.50. The molecule has 0 saturated heterocycles. The summed E-state index contributed by atoms with van der Waals surface area (Å²) in [4.78, 5) is 7.05. The van der Waals surface area contributed by atoms with Crippen molar-refractivity contribution in [3.63, 3.8) is 0 Å². The Morgan fingerprint density at radius 2 is 2.23 bits per heavy atom. The maximum absolute atomic E-state index is 3.98. The zero-order valence-electron chi connectivity index (χ0n) is 7.21. The minimum atomic E-state index is 1.04. The van der Waals surface area contributed by atoms with Crippen molar-refractivity contribution in [1.29, 1.82) is 0 Å². The zero-order valence-corrected chi connectivity index (χ0v) is 8.80. The van der Waals surface area contributed by atoms with Gasteiger partial charge in [-0.2, -0.15) is 0 Å². The molecule has 2 aromatic rings. The molecule has 0 aliphatic carbocycles. The fourth-order valence-electron chi connectivity index (χ4n) is 1.17. The van der Waals surface area contributed by atoms with Gasteiger partial charge in [-0.15, -0.1) is 0 Å². The second-order valence-corrected chi connectivity index (χ2v) is 3.78. The molecule has 0 amide bonds. The van der Waals surface area contributed by atoms with E-state index in [0.717, 1.165) is 15.7 Å². The predicted octanol–water partition coefficient (Wildman–Crippen LogP) is 3.15. The van der Waals surface area contributed by atoms with Gasteiger partial charge in [0.2, 0.25) is 0 Å². The maximum Gasteiger partial charge on any atom is 0.0924 e. The van der Waals surface area contributed by atoms with Gasteiger partial charge in [0.25, 0.3) is 0 Å². The predicted molar refractivity (Wildman–Crippen MR) is 56.5 cm³/mol. The van der Waals surface area contributed by atoms with Crippen LogP contribution in [0.5, 0.6) is 0 Å². The van der Waals surface area contributed by atoms with Crippen molar-refractivity contribution in [2.24, 2.45) is 0 Å². The van der Waals surface area contributed by atoms with Crippen molar-refractivity contribution in [1.82, 2.24) is 9.97 Å². The average Bonchev–Trinajstić information content (AvgIpc) is 2.62. The molecule has 0 fully saturated rings. The molecule has 0 atom stereocenters. The van der Waals surface area contributed by atoms with E-state index in [2.05, 4.69) is 51.0 Å². The summed E-state index contributed by atoms with van der Waals surface area (Å²) in [5.41, 5.74) is 3.43. The molecular formula is C10H9BrN2. The summed E-state index contributed by atoms with van der Waals surface area (Å²) in [5, 5.41) is 0. The van der Waals surface area contributed by atoms with Crippen LogP contribution in [0.1, 0.15) is 5.56 Å². The Hall–Kier alpha value is -1.09. The lowest BCUT2D eigenvalue weighted by molar-refractivity contribution is 1.31. The maximum atomic E-state index is 3.98. The highest BCUT2D eigenvalue weighted by atomic mass is 79.9. The third-order valence-corrected chi connectivity index (χ3v) is 2.84. The van der Waals surface area contributed by atoms with Gasteiger partial charge < -0.3 is 4.98 Å². The first-order valence-electron chi connectivity index (χ1n) is 4.02. The minimum Gasteiger partial charge on any atom is -0.345 e. The van der Waals surface area contributed by atoms with Crippen molar-refractivity contribution in [2.75, 3.05) is 0 Å². The van der Waals surface area contributed by atoms with E-state index in [1.54, 1.807) is 6.33 Å². The van der Waals surface area contributed by atoms with Crippen LogP contribution in [0.25, 0.3) is 11.3 Å². The standard InChI is InChI=1S/C10H9BrN2/c1-7-2-3-8(4-9(7)11)10-5-12-6-13-10/h2-6H,1H3,(H,12,13). The summed E-state index contributed by atoms with van der Waals surface area (Å²) in [6.45, 7) is 2.07. The highest BCUT2D eigenvalue weighted by molar-refractivity contribution is 9.10. The summed E-state index contributed by atoms with van der Waals surface area (Å²) < 4.78 is 1.12. The third kappa shape index (κ3) is 1.65. The molecule has 1 aromatic carbocycles. The summed E-state index contributed by atoms with van der Waals surface area (Å²) in [7, 11) is 0. The molecule has 66 valence electrons. The molecule has 0 aliphatic rings. The number of hydrogen-bond donors (Lipinski definition) is 1. The molecule has 1 N–H and O–H groups in total. The van der Waals surface area contributed by atoms with Gasteiger partial charge in [-0.1, -0.05) is 28.1 Å². The van der Waals surface area contributed by atoms with Gasteiger partial charge in [-0.05, 0) is 18.6 Å². The monoisotopic (exact) mass is 236 g/mol. The van der Waals surface area contributed by atoms with Crippen LogP contribution in [0.15, 0.2) is 35.2 Å². The van der Waals surface area contributed by atoms with Crippen molar-refractivity contribution in [3.05, 3.63) is 40.8 Å². The molecule has 2 rings (SSSR count). The van der Waals surface area contributed by atoms with E-state index >= 15 is 0 Å². The molecule has 1 aromatic heterocycles. The van der Waals surface area contributed by atoms with Crippen molar-refractivity contribution < 1.29 is 0 Å². The first kappa shape index (κ1) is 8.51. The fourth-order valence-corrected chi connectivity index (χ4v) is 1.55. The first-order valence-corrected chi connectivity index (χ1v) is 4.81. The van der Waals surface area contributed by atoms with Crippen LogP contribution in [0.4, 0.5) is 0 Å². The lowest BCUT2D eigenvalue weighted by Crippen LogP contribution is -1.79. The van der Waals surface area contributed by atoms with Crippen LogP contribution < -0.4 is 0 Å². The van der Waals surface area contributed by atoms with Crippen LogP contribution in [-0.4, -0.2) is 9.97 Å². The zero-order chi connectivity index (χ0) is 9.26. The quantitative estimate of drug-likeness (QED) is 0.810. The Labute approximate surface area is 85.1 Å². The van der Waals surface area contributed by atoms with Crippen LogP contribution in [-0.2, 0) is 0 Å². The Morgan fingerprint density at radius 1 is 1.38 bits per heavy atom. The lowest BCUT2D eigenvalue weighted by Gasteiger charge is -2.00. The molecular weight excluding hydrogens is 228 g/mol. The van der Waals surface area contributed by atoms with E-state index in [9.17, 15) is 0 Å². The lowest BCUT2D eigenvalue weighted by atomic mass is 10.1. The summed E-state index contributed by atoms with van der Waals surface area (Å²) in [6, 6.07) is 6.25. The third-order valence-electron chi connectivity index (χ3n) is 1.98. The van der Waals surface area contributed by atoms with Gasteiger partial charge in [0.15, 0.2) is 0 Å². The number of nitrogens with zero attached hydrogens (tertiary/aromatic N) is 1. The molecule has 0 spiro atoms. The number of aromatic amines is 1. The number of H-pyrrole nitrogens is 1. The van der Waals surface area contributed by atoms with Crippen molar-refractivity contribution >= 4 is 15.9 Å². The number of hydrogen-bond acceptors (Lipinski definition) is 1. The van der Waals surface area contributed by atoms with E-state index in [-0.39, 0.29) is 0 Å². The molecule has 0 bridgehead atoms. The number of imidazole rings is 1. The van der Waals surface area contributed by atoms with E-state index in [0.29, 0.717) is 0 Å². The minimum absolute atomic E-state index is 1.04. The van der Waals surface area contributed by atoms with Crippen LogP contribution in [0, 0.1) is 6.92 Å². The number of aryl methyl sites for hydroxylation is 1. The van der Waals surface area contributed by atoms with Gasteiger partial charge in [-0.25, -0.2) is 4.98 Å². The Morgan fingerprint density at radius 3 is 2.85 bits per heavy atom. The van der Waals surface area contributed by atoms with Crippen LogP contribution >= 0.6 is 15.9 Å². The van der Waals surface area contributed by atoms with E-state index in [1.165, 1.54) is 5.56 Å². The topological polar surface area (TPSA) is 28.7 Å². The smallest absolute Gasteiger partial charge is 0.0924 e. The van der Waals surface area contributed by atoms with Gasteiger partial charge in [0.1, 0.15) is 0 Å². The fraction of sp³-hybridized carbons (Fsp3) is 0.100. The summed E-state index contributed by atoms with van der Waals surface area (Å²) in [5.74, 6) is 0. The number of rotatable bonds is 1. The molecule has 0 radical (unpaired) electrons. The molecule has 1 heterocycles. The summed E-state index contributed by atoms with van der Waals surface area (Å²) >= 11 is 3.50. The molecule has 0 unspecified atom stereocenters. The van der Waals surface area contributed by atoms with Gasteiger partial charge >= 0.3 is 0 Å². The van der Waals surface area contributed by atoms with Crippen molar-refractivity contribution in [3.8, 4) is 11.3 Å². The number of halogens is 1. The second-order valence-electron chi connectivity index (χ2n) is 2.93. The largest absolute Gasteiger partial charge is 0.345 e. The molecule has 2 nitrogen and oxygen atoms in total. The van der Waals surface area contributed by atoms with E-state index < -0.39 is 0 Å². The Balaban J connectivity index is 2.49. The first-order chi connectivity index (χ1) is 6.27. The Bertz CT molecular complexity index is 407. The Kier molecular flexibility index (Phi) is 2.19. The second kappa shape index (κ2) is 3.34. The van der Waals surface area contributed by atoms with Crippen molar-refractivity contribution in [2.45, 2.75) is 6.92 Å². The van der Waals surface area contributed by atoms with E-state index in [1.807, 2.05) is 6.20 Å². The highest BCUT2D eigenvalue weighted by Crippen LogP contribution is 2.23. The molecule has 0 aliphatic heterocycles. The molecule has 0 saturated carbocycles. The average molecular weight is 237 g/mol. The van der Waals surface area contributed by atoms with Gasteiger partial charge in [0.05, 0.1) is 18.2 Å². The van der Waals surface area contributed by atoms with E-state index in [4.69, 9.17) is 0 Å². The molecule has 3 heteroatoms. The number of aromatic nitrogens is 2. The van der Waals surface area contributed by atoms with Crippen LogP contribution in [0.2, 0.25) is 0 Å². The van der Waals surface area contributed by atoms with Gasteiger partial charge in [-0.3, -0.25) is 0 Å². The SMILES string of the molecule is Cc1ccc(-c2cnc[nH]2)cc1Br. The van der Waals surface area contributed by atoms with Gasteiger partial charge in [0, 0.05) is 10.0 Å². The normalized spacial score (nSPS) is 10.3. The van der Waals surface area contributed by atoms with Crippen LogP contribution in [0.3, 0.4) is 0 Å². The number of benzene rings is 1. The highest BCUT2D eigenvalue weighted by Gasteiger charge is 2.00. The molecule has 13 heavy (non-hydrogen) atoms.